The molecule has 0 aliphatic rings. The summed E-state index contributed by atoms with van der Waals surface area (Å²) in [5, 5.41) is 3.09. The molecule has 0 heterocycles. The van der Waals surface area contributed by atoms with Crippen molar-refractivity contribution in [2.24, 2.45) is 4.99 Å². The van der Waals surface area contributed by atoms with Crippen molar-refractivity contribution in [1.82, 2.24) is 0 Å². The van der Waals surface area contributed by atoms with Crippen LogP contribution in [0.15, 0.2) is 53.5 Å². The Morgan fingerprint density at radius 3 is 2.06 bits per heavy atom. The van der Waals surface area contributed by atoms with Crippen LogP contribution in [0, 0.1) is 0 Å². The van der Waals surface area contributed by atoms with Crippen LogP contribution in [0.5, 0.6) is 0 Å². The molecule has 3 heteroatoms. The third-order valence-corrected chi connectivity index (χ3v) is 2.76. The number of hydrogen-bond donors (Lipinski definition) is 1. The van der Waals surface area contributed by atoms with Gasteiger partial charge in [-0.3, -0.25) is 0 Å². The topological polar surface area (TPSA) is 41.5 Å². The summed E-state index contributed by atoms with van der Waals surface area (Å²) in [6.45, 7) is 0. The van der Waals surface area contributed by atoms with E-state index in [-0.39, 0.29) is 0 Å². The summed E-state index contributed by atoms with van der Waals surface area (Å²) in [6, 6.07) is 15.9. The highest BCUT2D eigenvalue weighted by atomic mass is 16.1. The second-order valence-corrected chi connectivity index (χ2v) is 3.99. The highest BCUT2D eigenvalue weighted by molar-refractivity contribution is 5.50. The van der Waals surface area contributed by atoms with Crippen molar-refractivity contribution in [3.05, 3.63) is 59.7 Å². The molecule has 2 aromatic rings. The van der Waals surface area contributed by atoms with Gasteiger partial charge in [0.25, 0.3) is 0 Å². The Kier molecular flexibility index (Phi) is 3.90. The maximum Gasteiger partial charge on any atom is 0.240 e. The van der Waals surface area contributed by atoms with E-state index in [0.29, 0.717) is 5.69 Å². The van der Waals surface area contributed by atoms with Gasteiger partial charge < -0.3 is 5.32 Å². The number of carbonyl (C=O) groups excluding carboxylic acids is 1. The predicted octanol–water partition coefficient (Wildman–Crippen LogP) is 3.29. The summed E-state index contributed by atoms with van der Waals surface area (Å²) in [5.74, 6) is 0. The third kappa shape index (κ3) is 3.06. The molecule has 0 bridgehead atoms. The van der Waals surface area contributed by atoms with Crippen molar-refractivity contribution < 1.29 is 4.79 Å². The molecule has 0 atom stereocenters. The van der Waals surface area contributed by atoms with Crippen LogP contribution >= 0.6 is 0 Å². The Hall–Kier alpha value is -2.38. The summed E-state index contributed by atoms with van der Waals surface area (Å²) in [6.07, 6.45) is 2.40. The van der Waals surface area contributed by atoms with E-state index in [1.165, 1.54) is 17.2 Å². The van der Waals surface area contributed by atoms with Gasteiger partial charge in [0.15, 0.2) is 0 Å². The standard InChI is InChI=1S/C15H14N2O/c1-16-14-6-2-12(3-7-14)10-13-4-8-15(9-5-13)17-11-18/h2-9,16H,10H2,1H3. The van der Waals surface area contributed by atoms with Gasteiger partial charge in [0.2, 0.25) is 6.08 Å². The van der Waals surface area contributed by atoms with Crippen molar-refractivity contribution in [2.45, 2.75) is 6.42 Å². The molecule has 0 aliphatic carbocycles. The van der Waals surface area contributed by atoms with Crippen LogP contribution in [0.4, 0.5) is 11.4 Å². The first-order chi connectivity index (χ1) is 8.81. The van der Waals surface area contributed by atoms with Crippen LogP contribution in [0.1, 0.15) is 11.1 Å². The lowest BCUT2D eigenvalue weighted by Crippen LogP contribution is -1.90. The van der Waals surface area contributed by atoms with Gasteiger partial charge in [0.05, 0.1) is 5.69 Å². The molecule has 0 amide bonds. The number of isocyanates is 1. The van der Waals surface area contributed by atoms with Gasteiger partial charge in [-0.2, -0.15) is 4.99 Å². The molecule has 2 aromatic carbocycles. The van der Waals surface area contributed by atoms with Gasteiger partial charge in [-0.1, -0.05) is 24.3 Å². The number of anilines is 1. The number of rotatable bonds is 4. The first-order valence-corrected chi connectivity index (χ1v) is 5.75. The van der Waals surface area contributed by atoms with E-state index in [1.54, 1.807) is 0 Å². The highest BCUT2D eigenvalue weighted by Crippen LogP contribution is 2.16. The Morgan fingerprint density at radius 2 is 1.56 bits per heavy atom. The van der Waals surface area contributed by atoms with Crippen LogP contribution < -0.4 is 5.32 Å². The minimum absolute atomic E-state index is 0.638. The Bertz CT molecular complexity index is 552. The summed E-state index contributed by atoms with van der Waals surface area (Å²) in [7, 11) is 1.90. The maximum absolute atomic E-state index is 10.1. The monoisotopic (exact) mass is 238 g/mol. The summed E-state index contributed by atoms with van der Waals surface area (Å²) in [5.41, 5.74) is 4.19. The van der Waals surface area contributed by atoms with Crippen LogP contribution in [0.3, 0.4) is 0 Å². The number of aliphatic imine (C=N–C) groups is 1. The second kappa shape index (κ2) is 5.80. The minimum atomic E-state index is 0.638. The molecule has 0 saturated heterocycles. The smallest absolute Gasteiger partial charge is 0.240 e. The quantitative estimate of drug-likeness (QED) is 0.656. The molecule has 3 nitrogen and oxygen atoms in total. The molecule has 0 aliphatic heterocycles. The zero-order chi connectivity index (χ0) is 12.8. The molecule has 90 valence electrons. The van der Waals surface area contributed by atoms with E-state index >= 15 is 0 Å². The summed E-state index contributed by atoms with van der Waals surface area (Å²) in [4.78, 5) is 13.7. The first kappa shape index (κ1) is 12.1. The molecule has 0 radical (unpaired) electrons. The average molecular weight is 238 g/mol. The molecule has 18 heavy (non-hydrogen) atoms. The Balaban J connectivity index is 2.10. The molecule has 0 unspecified atom stereocenters. The van der Waals surface area contributed by atoms with E-state index in [1.807, 2.05) is 31.3 Å². The fraction of sp³-hybridized carbons (Fsp3) is 0.133. The molecular weight excluding hydrogens is 224 g/mol. The average Bonchev–Trinajstić information content (AvgIpc) is 2.42. The highest BCUT2D eigenvalue weighted by Gasteiger charge is 1.97. The van der Waals surface area contributed by atoms with Crippen LogP contribution in [-0.4, -0.2) is 13.1 Å². The number of nitrogens with one attached hydrogen (secondary N) is 1. The number of benzene rings is 2. The molecule has 0 aromatic heterocycles. The van der Waals surface area contributed by atoms with E-state index in [0.717, 1.165) is 12.1 Å². The maximum atomic E-state index is 10.1. The van der Waals surface area contributed by atoms with Crippen molar-refractivity contribution in [3.8, 4) is 0 Å². The minimum Gasteiger partial charge on any atom is -0.388 e. The molecule has 1 N–H and O–H groups in total. The lowest BCUT2D eigenvalue weighted by atomic mass is 10.0. The van der Waals surface area contributed by atoms with Gasteiger partial charge in [0.1, 0.15) is 0 Å². The molecule has 2 rings (SSSR count). The zero-order valence-electron chi connectivity index (χ0n) is 10.2. The van der Waals surface area contributed by atoms with Crippen LogP contribution in [0.25, 0.3) is 0 Å². The van der Waals surface area contributed by atoms with E-state index in [2.05, 4.69) is 34.6 Å². The van der Waals surface area contributed by atoms with Gasteiger partial charge in [-0.25, -0.2) is 4.79 Å². The van der Waals surface area contributed by atoms with Gasteiger partial charge in [-0.05, 0) is 41.8 Å². The zero-order valence-corrected chi connectivity index (χ0v) is 10.2. The fourth-order valence-electron chi connectivity index (χ4n) is 1.77. The van der Waals surface area contributed by atoms with Gasteiger partial charge in [0, 0.05) is 12.7 Å². The van der Waals surface area contributed by atoms with Crippen molar-refractivity contribution in [1.29, 1.82) is 0 Å². The van der Waals surface area contributed by atoms with Gasteiger partial charge in [-0.15, -0.1) is 0 Å². The second-order valence-electron chi connectivity index (χ2n) is 3.99. The number of hydrogen-bond acceptors (Lipinski definition) is 3. The molecule has 0 spiro atoms. The molecular formula is C15H14N2O. The summed E-state index contributed by atoms with van der Waals surface area (Å²) >= 11 is 0. The van der Waals surface area contributed by atoms with E-state index < -0.39 is 0 Å². The largest absolute Gasteiger partial charge is 0.388 e. The first-order valence-electron chi connectivity index (χ1n) is 5.75. The van der Waals surface area contributed by atoms with E-state index in [4.69, 9.17) is 0 Å². The van der Waals surface area contributed by atoms with Crippen LogP contribution in [-0.2, 0) is 11.2 Å². The Labute approximate surface area is 106 Å². The van der Waals surface area contributed by atoms with Crippen molar-refractivity contribution in [2.75, 3.05) is 12.4 Å². The Morgan fingerprint density at radius 1 is 1.00 bits per heavy atom. The fourth-order valence-corrected chi connectivity index (χ4v) is 1.77. The van der Waals surface area contributed by atoms with Crippen molar-refractivity contribution >= 4 is 17.5 Å². The van der Waals surface area contributed by atoms with Crippen LogP contribution in [0.2, 0.25) is 0 Å². The third-order valence-electron chi connectivity index (χ3n) is 2.76. The molecule has 0 saturated carbocycles. The summed E-state index contributed by atoms with van der Waals surface area (Å²) < 4.78 is 0. The molecule has 0 fully saturated rings. The van der Waals surface area contributed by atoms with Crippen molar-refractivity contribution in [3.63, 3.8) is 0 Å². The number of nitrogens with zero attached hydrogens (tertiary/aromatic N) is 1. The lowest BCUT2D eigenvalue weighted by Gasteiger charge is -2.04. The van der Waals surface area contributed by atoms with E-state index in [9.17, 15) is 4.79 Å². The van der Waals surface area contributed by atoms with Gasteiger partial charge >= 0.3 is 0 Å². The lowest BCUT2D eigenvalue weighted by molar-refractivity contribution is 0.565. The SMILES string of the molecule is CNc1ccc(Cc2ccc(N=C=O)cc2)cc1. The normalized spacial score (nSPS) is 9.61. The predicted molar refractivity (Wildman–Crippen MR) is 73.0 cm³/mol.